The number of amides is 1. The molecule has 1 amide bonds. The lowest BCUT2D eigenvalue weighted by Gasteiger charge is -2.12. The first-order valence-corrected chi connectivity index (χ1v) is 7.68. The predicted molar refractivity (Wildman–Crippen MR) is 84.7 cm³/mol. The Balaban J connectivity index is 1.84. The molecule has 6 heteroatoms. The summed E-state index contributed by atoms with van der Waals surface area (Å²) in [6.07, 6.45) is 0.658. The van der Waals surface area contributed by atoms with E-state index in [-0.39, 0.29) is 11.9 Å². The van der Waals surface area contributed by atoms with Gasteiger partial charge in [0, 0.05) is 12.6 Å². The number of carbonyl (C=O) groups is 1. The summed E-state index contributed by atoms with van der Waals surface area (Å²) in [7, 11) is 0. The summed E-state index contributed by atoms with van der Waals surface area (Å²) in [5, 5.41) is 2.80. The van der Waals surface area contributed by atoms with Crippen LogP contribution in [0.1, 0.15) is 28.4 Å². The average Bonchev–Trinajstić information content (AvgIpc) is 2.78. The highest BCUT2D eigenvalue weighted by molar-refractivity contribution is 7.20. The fourth-order valence-electron chi connectivity index (χ4n) is 1.80. The SMILES string of the molecule is NC(CCNC(=O)c1cc(Cl)sc1Cl)c1ccccc1. The van der Waals surface area contributed by atoms with Crippen LogP contribution in [0.25, 0.3) is 0 Å². The Morgan fingerprint density at radius 3 is 2.60 bits per heavy atom. The Hall–Kier alpha value is -1.07. The van der Waals surface area contributed by atoms with Gasteiger partial charge >= 0.3 is 0 Å². The largest absolute Gasteiger partial charge is 0.352 e. The van der Waals surface area contributed by atoms with Crippen LogP contribution in [-0.2, 0) is 0 Å². The van der Waals surface area contributed by atoms with Crippen molar-refractivity contribution in [2.75, 3.05) is 6.54 Å². The highest BCUT2D eigenvalue weighted by atomic mass is 35.5. The maximum atomic E-state index is 11.9. The molecule has 0 aliphatic heterocycles. The number of hydrogen-bond acceptors (Lipinski definition) is 3. The van der Waals surface area contributed by atoms with Gasteiger partial charge in [-0.25, -0.2) is 0 Å². The van der Waals surface area contributed by atoms with Crippen molar-refractivity contribution in [1.82, 2.24) is 5.32 Å². The van der Waals surface area contributed by atoms with E-state index in [1.165, 1.54) is 11.3 Å². The van der Waals surface area contributed by atoms with Gasteiger partial charge in [-0.3, -0.25) is 4.79 Å². The highest BCUT2D eigenvalue weighted by Gasteiger charge is 2.14. The monoisotopic (exact) mass is 328 g/mol. The third-order valence-corrected chi connectivity index (χ3v) is 4.36. The summed E-state index contributed by atoms with van der Waals surface area (Å²) in [5.74, 6) is -0.224. The maximum Gasteiger partial charge on any atom is 0.253 e. The molecule has 2 aromatic rings. The van der Waals surface area contributed by atoms with E-state index in [2.05, 4.69) is 5.32 Å². The van der Waals surface area contributed by atoms with Gasteiger partial charge in [-0.15, -0.1) is 11.3 Å². The summed E-state index contributed by atoms with van der Waals surface area (Å²) in [6, 6.07) is 11.3. The van der Waals surface area contributed by atoms with Crippen molar-refractivity contribution in [3.63, 3.8) is 0 Å². The summed E-state index contributed by atoms with van der Waals surface area (Å²) in [4.78, 5) is 11.9. The molecule has 1 heterocycles. The van der Waals surface area contributed by atoms with Gasteiger partial charge in [-0.1, -0.05) is 53.5 Å². The summed E-state index contributed by atoms with van der Waals surface area (Å²) in [5.41, 5.74) is 7.52. The minimum absolute atomic E-state index is 0.0990. The van der Waals surface area contributed by atoms with Crippen molar-refractivity contribution in [3.8, 4) is 0 Å². The molecule has 1 unspecified atom stereocenters. The molecule has 2 rings (SSSR count). The molecule has 106 valence electrons. The zero-order chi connectivity index (χ0) is 14.5. The number of hydrogen-bond donors (Lipinski definition) is 2. The molecule has 20 heavy (non-hydrogen) atoms. The standard InChI is InChI=1S/C14H14Cl2N2OS/c15-12-8-10(13(16)20-12)14(19)18-7-6-11(17)9-4-2-1-3-5-9/h1-5,8,11H,6-7,17H2,(H,18,19). The summed E-state index contributed by atoms with van der Waals surface area (Å²) >= 11 is 12.9. The van der Waals surface area contributed by atoms with Gasteiger partial charge in [0.2, 0.25) is 0 Å². The van der Waals surface area contributed by atoms with E-state index in [4.69, 9.17) is 28.9 Å². The van der Waals surface area contributed by atoms with Crippen LogP contribution in [0.2, 0.25) is 8.67 Å². The van der Waals surface area contributed by atoms with Gasteiger partial charge in [0.05, 0.1) is 9.90 Å². The smallest absolute Gasteiger partial charge is 0.253 e. The average molecular weight is 329 g/mol. The molecule has 0 bridgehead atoms. The number of carbonyl (C=O) groups excluding carboxylic acids is 1. The lowest BCUT2D eigenvalue weighted by molar-refractivity contribution is 0.0953. The van der Waals surface area contributed by atoms with Crippen LogP contribution in [0.4, 0.5) is 0 Å². The van der Waals surface area contributed by atoms with E-state index in [9.17, 15) is 4.79 Å². The van der Waals surface area contributed by atoms with Crippen LogP contribution >= 0.6 is 34.5 Å². The third-order valence-electron chi connectivity index (χ3n) is 2.87. The first-order valence-electron chi connectivity index (χ1n) is 6.11. The predicted octanol–water partition coefficient (Wildman–Crippen LogP) is 3.87. The van der Waals surface area contributed by atoms with Crippen LogP contribution in [0.15, 0.2) is 36.4 Å². The summed E-state index contributed by atoms with van der Waals surface area (Å²) < 4.78 is 0.904. The minimum Gasteiger partial charge on any atom is -0.352 e. The number of rotatable bonds is 5. The molecule has 3 N–H and O–H groups in total. The quantitative estimate of drug-likeness (QED) is 0.875. The van der Waals surface area contributed by atoms with E-state index in [0.29, 0.717) is 27.2 Å². The van der Waals surface area contributed by atoms with Gasteiger partial charge in [0.25, 0.3) is 5.91 Å². The number of benzene rings is 1. The molecular weight excluding hydrogens is 315 g/mol. The molecule has 0 aliphatic carbocycles. The van der Waals surface area contributed by atoms with E-state index in [0.717, 1.165) is 5.56 Å². The lowest BCUT2D eigenvalue weighted by Crippen LogP contribution is -2.27. The maximum absolute atomic E-state index is 11.9. The number of nitrogens with two attached hydrogens (primary N) is 1. The summed E-state index contributed by atoms with van der Waals surface area (Å²) in [6.45, 7) is 0.485. The van der Waals surface area contributed by atoms with Crippen molar-refractivity contribution in [1.29, 1.82) is 0 Å². The Morgan fingerprint density at radius 1 is 1.30 bits per heavy atom. The van der Waals surface area contributed by atoms with Gasteiger partial charge in [0.1, 0.15) is 4.34 Å². The first-order chi connectivity index (χ1) is 9.58. The molecule has 1 atom stereocenters. The molecule has 0 saturated carbocycles. The van der Waals surface area contributed by atoms with E-state index >= 15 is 0 Å². The fourth-order valence-corrected chi connectivity index (χ4v) is 3.26. The molecule has 3 nitrogen and oxygen atoms in total. The zero-order valence-electron chi connectivity index (χ0n) is 10.6. The van der Waals surface area contributed by atoms with Crippen LogP contribution in [0.5, 0.6) is 0 Å². The molecule has 0 spiro atoms. The Morgan fingerprint density at radius 2 is 2.00 bits per heavy atom. The highest BCUT2D eigenvalue weighted by Crippen LogP contribution is 2.30. The lowest BCUT2D eigenvalue weighted by atomic mass is 10.1. The van der Waals surface area contributed by atoms with E-state index < -0.39 is 0 Å². The zero-order valence-corrected chi connectivity index (χ0v) is 12.9. The second-order valence-corrected chi connectivity index (χ2v) is 6.59. The minimum atomic E-state index is -0.224. The first kappa shape index (κ1) is 15.3. The van der Waals surface area contributed by atoms with Crippen molar-refractivity contribution in [2.45, 2.75) is 12.5 Å². The molecular formula is C14H14Cl2N2OS. The molecule has 1 aromatic carbocycles. The third kappa shape index (κ3) is 3.96. The van der Waals surface area contributed by atoms with Crippen LogP contribution in [0, 0.1) is 0 Å². The molecule has 0 aliphatic rings. The van der Waals surface area contributed by atoms with E-state index in [1.54, 1.807) is 6.07 Å². The number of nitrogens with one attached hydrogen (secondary N) is 1. The van der Waals surface area contributed by atoms with Gasteiger partial charge in [0.15, 0.2) is 0 Å². The molecule has 0 fully saturated rings. The van der Waals surface area contributed by atoms with Crippen molar-refractivity contribution >= 4 is 40.4 Å². The topological polar surface area (TPSA) is 55.1 Å². The van der Waals surface area contributed by atoms with Crippen LogP contribution in [-0.4, -0.2) is 12.5 Å². The van der Waals surface area contributed by atoms with E-state index in [1.807, 2.05) is 30.3 Å². The van der Waals surface area contributed by atoms with Gasteiger partial charge < -0.3 is 11.1 Å². The molecule has 1 aromatic heterocycles. The second kappa shape index (κ2) is 7.09. The van der Waals surface area contributed by atoms with Crippen molar-refractivity contribution < 1.29 is 4.79 Å². The number of halogens is 2. The fraction of sp³-hybridized carbons (Fsp3) is 0.214. The Kier molecular flexibility index (Phi) is 5.43. The van der Waals surface area contributed by atoms with Gasteiger partial charge in [-0.05, 0) is 18.1 Å². The van der Waals surface area contributed by atoms with Crippen LogP contribution in [0.3, 0.4) is 0 Å². The van der Waals surface area contributed by atoms with Crippen molar-refractivity contribution in [3.05, 3.63) is 56.2 Å². The molecule has 0 saturated heterocycles. The normalized spacial score (nSPS) is 12.2. The number of thiophene rings is 1. The van der Waals surface area contributed by atoms with Crippen LogP contribution < -0.4 is 11.1 Å². The van der Waals surface area contributed by atoms with Crippen molar-refractivity contribution in [2.24, 2.45) is 5.73 Å². The molecule has 0 radical (unpaired) electrons. The Bertz CT molecular complexity index is 586. The Labute approximate surface area is 131 Å². The second-order valence-electron chi connectivity index (χ2n) is 4.30. The van der Waals surface area contributed by atoms with Gasteiger partial charge in [-0.2, -0.15) is 0 Å².